The van der Waals surface area contributed by atoms with Gasteiger partial charge in [-0.25, -0.2) is 0 Å². The van der Waals surface area contributed by atoms with Crippen molar-refractivity contribution in [2.75, 3.05) is 13.0 Å². The molecule has 1 unspecified atom stereocenters. The first-order valence-corrected chi connectivity index (χ1v) is 6.82. The van der Waals surface area contributed by atoms with Gasteiger partial charge in [-0.15, -0.1) is 11.6 Å². The van der Waals surface area contributed by atoms with E-state index in [9.17, 15) is 0 Å². The maximum atomic E-state index is 5.85. The monoisotopic (exact) mass is 304 g/mol. The van der Waals surface area contributed by atoms with E-state index in [0.717, 1.165) is 16.6 Å². The van der Waals surface area contributed by atoms with Crippen LogP contribution in [-0.2, 0) is 0 Å². The molecule has 1 aromatic rings. The summed E-state index contributed by atoms with van der Waals surface area (Å²) in [4.78, 5) is 0. The number of ether oxygens (including phenoxy) is 1. The zero-order valence-corrected chi connectivity index (χ0v) is 12.3. The number of hydrogen-bond acceptors (Lipinski definition) is 1. The Morgan fingerprint density at radius 2 is 2.06 bits per heavy atom. The van der Waals surface area contributed by atoms with Gasteiger partial charge in [0.1, 0.15) is 5.75 Å². The van der Waals surface area contributed by atoms with Crippen molar-refractivity contribution in [2.24, 2.45) is 5.92 Å². The molecule has 0 aliphatic heterocycles. The molecule has 0 N–H and O–H groups in total. The van der Waals surface area contributed by atoms with Crippen LogP contribution in [0.2, 0.25) is 0 Å². The van der Waals surface area contributed by atoms with Crippen molar-refractivity contribution in [2.45, 2.75) is 26.2 Å². The van der Waals surface area contributed by atoms with Crippen molar-refractivity contribution in [1.82, 2.24) is 0 Å². The van der Waals surface area contributed by atoms with Gasteiger partial charge in [0.15, 0.2) is 0 Å². The Bertz CT molecular complexity index is 339. The normalized spacial score (nSPS) is 12.9. The Balaban J connectivity index is 2.97. The first-order chi connectivity index (χ1) is 7.60. The molecule has 1 nitrogen and oxygen atoms in total. The zero-order chi connectivity index (χ0) is 12.1. The van der Waals surface area contributed by atoms with E-state index in [-0.39, 0.29) is 0 Å². The van der Waals surface area contributed by atoms with E-state index in [0.29, 0.717) is 17.7 Å². The first kappa shape index (κ1) is 13.9. The number of halogens is 2. The molecule has 1 rings (SSSR count). The SMILES string of the molecule is COc1ccc(C(CCCl)C(C)C)cc1Br. The van der Waals surface area contributed by atoms with Gasteiger partial charge in [0, 0.05) is 5.88 Å². The van der Waals surface area contributed by atoms with Crippen LogP contribution in [0.5, 0.6) is 5.75 Å². The Morgan fingerprint density at radius 1 is 1.38 bits per heavy atom. The molecule has 0 saturated heterocycles. The van der Waals surface area contributed by atoms with Gasteiger partial charge in [0.05, 0.1) is 11.6 Å². The number of methoxy groups -OCH3 is 1. The maximum absolute atomic E-state index is 5.85. The number of alkyl halides is 1. The van der Waals surface area contributed by atoms with E-state index in [1.54, 1.807) is 7.11 Å². The average molecular weight is 306 g/mol. The molecule has 90 valence electrons. The van der Waals surface area contributed by atoms with Crippen molar-refractivity contribution < 1.29 is 4.74 Å². The molecule has 0 aliphatic carbocycles. The van der Waals surface area contributed by atoms with Crippen molar-refractivity contribution >= 4 is 27.5 Å². The summed E-state index contributed by atoms with van der Waals surface area (Å²) in [7, 11) is 1.68. The molecule has 16 heavy (non-hydrogen) atoms. The minimum Gasteiger partial charge on any atom is -0.496 e. The second-order valence-corrected chi connectivity index (χ2v) is 5.45. The lowest BCUT2D eigenvalue weighted by Crippen LogP contribution is -2.07. The lowest BCUT2D eigenvalue weighted by molar-refractivity contribution is 0.411. The van der Waals surface area contributed by atoms with Gasteiger partial charge < -0.3 is 4.74 Å². The van der Waals surface area contributed by atoms with Crippen LogP contribution in [0.25, 0.3) is 0 Å². The van der Waals surface area contributed by atoms with E-state index in [2.05, 4.69) is 41.9 Å². The highest BCUT2D eigenvalue weighted by molar-refractivity contribution is 9.10. The summed E-state index contributed by atoms with van der Waals surface area (Å²) in [6.07, 6.45) is 1.01. The highest BCUT2D eigenvalue weighted by atomic mass is 79.9. The Hall–Kier alpha value is -0.210. The Morgan fingerprint density at radius 3 is 2.50 bits per heavy atom. The van der Waals surface area contributed by atoms with Crippen LogP contribution >= 0.6 is 27.5 Å². The number of benzene rings is 1. The smallest absolute Gasteiger partial charge is 0.133 e. The first-order valence-electron chi connectivity index (χ1n) is 5.49. The van der Waals surface area contributed by atoms with Gasteiger partial charge in [0.25, 0.3) is 0 Å². The van der Waals surface area contributed by atoms with Crippen molar-refractivity contribution in [1.29, 1.82) is 0 Å². The van der Waals surface area contributed by atoms with E-state index in [1.807, 2.05) is 6.07 Å². The third kappa shape index (κ3) is 3.39. The molecule has 0 amide bonds. The third-order valence-corrected chi connectivity index (χ3v) is 3.67. The van der Waals surface area contributed by atoms with E-state index in [4.69, 9.17) is 16.3 Å². The Labute approximate surface area is 111 Å². The molecule has 0 aliphatic rings. The predicted molar refractivity (Wildman–Crippen MR) is 73.6 cm³/mol. The minimum atomic E-state index is 0.514. The minimum absolute atomic E-state index is 0.514. The summed E-state index contributed by atoms with van der Waals surface area (Å²) in [5, 5.41) is 0. The van der Waals surface area contributed by atoms with Crippen molar-refractivity contribution in [3.8, 4) is 5.75 Å². The van der Waals surface area contributed by atoms with Crippen LogP contribution in [0.3, 0.4) is 0 Å². The highest BCUT2D eigenvalue weighted by Crippen LogP contribution is 2.33. The van der Waals surface area contributed by atoms with E-state index < -0.39 is 0 Å². The number of rotatable bonds is 5. The summed E-state index contributed by atoms with van der Waals surface area (Å²) in [5.74, 6) is 2.68. The molecule has 0 fully saturated rings. The van der Waals surface area contributed by atoms with Crippen LogP contribution in [0.1, 0.15) is 31.7 Å². The molecular formula is C13H18BrClO. The van der Waals surface area contributed by atoms with Crippen LogP contribution in [-0.4, -0.2) is 13.0 Å². The molecule has 3 heteroatoms. The van der Waals surface area contributed by atoms with Gasteiger partial charge in [-0.2, -0.15) is 0 Å². The van der Waals surface area contributed by atoms with Gasteiger partial charge in [0.2, 0.25) is 0 Å². The molecule has 1 atom stereocenters. The molecule has 0 aromatic heterocycles. The summed E-state index contributed by atoms with van der Waals surface area (Å²) in [6.45, 7) is 4.46. The lowest BCUT2D eigenvalue weighted by Gasteiger charge is -2.21. The van der Waals surface area contributed by atoms with Crippen LogP contribution in [0.4, 0.5) is 0 Å². The van der Waals surface area contributed by atoms with E-state index >= 15 is 0 Å². The predicted octanol–water partition coefficient (Wildman–Crippen LogP) is 4.83. The molecule has 0 bridgehead atoms. The fourth-order valence-electron chi connectivity index (χ4n) is 1.92. The Kier molecular flexibility index (Phi) is 5.63. The van der Waals surface area contributed by atoms with Gasteiger partial charge in [-0.3, -0.25) is 0 Å². The van der Waals surface area contributed by atoms with Crippen molar-refractivity contribution in [3.05, 3.63) is 28.2 Å². The fraction of sp³-hybridized carbons (Fsp3) is 0.538. The van der Waals surface area contributed by atoms with Crippen LogP contribution in [0.15, 0.2) is 22.7 Å². The van der Waals surface area contributed by atoms with Crippen LogP contribution in [0, 0.1) is 5.92 Å². The fourth-order valence-corrected chi connectivity index (χ4v) is 2.71. The molecule has 0 spiro atoms. The summed E-state index contributed by atoms with van der Waals surface area (Å²) >= 11 is 9.37. The third-order valence-electron chi connectivity index (χ3n) is 2.83. The summed E-state index contributed by atoms with van der Waals surface area (Å²) < 4.78 is 6.23. The van der Waals surface area contributed by atoms with Gasteiger partial charge >= 0.3 is 0 Å². The molecule has 0 heterocycles. The standard InChI is InChI=1S/C13H18BrClO/c1-9(2)11(6-7-15)10-4-5-13(16-3)12(14)8-10/h4-5,8-9,11H,6-7H2,1-3H3. The molecule has 0 saturated carbocycles. The van der Waals surface area contributed by atoms with Gasteiger partial charge in [-0.1, -0.05) is 19.9 Å². The second-order valence-electron chi connectivity index (χ2n) is 4.22. The molecule has 0 radical (unpaired) electrons. The summed E-state index contributed by atoms with van der Waals surface area (Å²) in [6, 6.07) is 6.26. The van der Waals surface area contributed by atoms with E-state index in [1.165, 1.54) is 5.56 Å². The number of hydrogen-bond donors (Lipinski definition) is 0. The van der Waals surface area contributed by atoms with Gasteiger partial charge in [-0.05, 0) is 51.9 Å². The van der Waals surface area contributed by atoms with Crippen molar-refractivity contribution in [3.63, 3.8) is 0 Å². The zero-order valence-electron chi connectivity index (χ0n) is 9.97. The second kappa shape index (κ2) is 6.51. The maximum Gasteiger partial charge on any atom is 0.133 e. The highest BCUT2D eigenvalue weighted by Gasteiger charge is 2.16. The van der Waals surface area contributed by atoms with Crippen LogP contribution < -0.4 is 4.74 Å². The molecular weight excluding hydrogens is 287 g/mol. The quantitative estimate of drug-likeness (QED) is 0.708. The molecule has 1 aromatic carbocycles. The largest absolute Gasteiger partial charge is 0.496 e. The lowest BCUT2D eigenvalue weighted by atomic mass is 9.86. The summed E-state index contributed by atoms with van der Waals surface area (Å²) in [5.41, 5.74) is 1.32. The average Bonchev–Trinajstić information content (AvgIpc) is 2.25. The topological polar surface area (TPSA) is 9.23 Å².